The highest BCUT2D eigenvalue weighted by Gasteiger charge is 2.18. The summed E-state index contributed by atoms with van der Waals surface area (Å²) in [7, 11) is 0. The van der Waals surface area contributed by atoms with Gasteiger partial charge < -0.3 is 4.74 Å². The number of ether oxygens (including phenoxy) is 1. The molecule has 7 heteroatoms. The fourth-order valence-electron chi connectivity index (χ4n) is 1.03. The van der Waals surface area contributed by atoms with Gasteiger partial charge in [0.25, 0.3) is 5.69 Å². The van der Waals surface area contributed by atoms with Crippen LogP contribution >= 0.6 is 11.6 Å². The monoisotopic (exact) mass is 254 g/mol. The van der Waals surface area contributed by atoms with Crippen LogP contribution < -0.4 is 0 Å². The second-order valence-electron chi connectivity index (χ2n) is 3.10. The summed E-state index contributed by atoms with van der Waals surface area (Å²) in [6.07, 6.45) is -0.946. The average Bonchev–Trinajstić information content (AvgIpc) is 2.28. The van der Waals surface area contributed by atoms with E-state index in [2.05, 4.69) is 0 Å². The van der Waals surface area contributed by atoms with Gasteiger partial charge in [0.05, 0.1) is 15.5 Å². The second-order valence-corrected chi connectivity index (χ2v) is 3.51. The van der Waals surface area contributed by atoms with Crippen LogP contribution in [0.2, 0.25) is 5.02 Å². The van der Waals surface area contributed by atoms with Gasteiger partial charge in [-0.2, -0.15) is 5.26 Å². The highest BCUT2D eigenvalue weighted by Crippen LogP contribution is 2.23. The minimum absolute atomic E-state index is 0.0331. The van der Waals surface area contributed by atoms with Crippen LogP contribution in [0.3, 0.4) is 0 Å². The third kappa shape index (κ3) is 3.16. The lowest BCUT2D eigenvalue weighted by atomic mass is 10.2. The molecule has 88 valence electrons. The van der Waals surface area contributed by atoms with E-state index in [1.807, 2.05) is 0 Å². The topological polar surface area (TPSA) is 93.2 Å². The molecule has 0 saturated carbocycles. The minimum atomic E-state index is -0.946. The van der Waals surface area contributed by atoms with Crippen LogP contribution in [0.15, 0.2) is 18.2 Å². The minimum Gasteiger partial charge on any atom is -0.444 e. The molecule has 0 aliphatic carbocycles. The number of nitro benzene ring substituents is 1. The number of nitrogens with zero attached hydrogens (tertiary/aromatic N) is 2. The van der Waals surface area contributed by atoms with E-state index in [1.54, 1.807) is 6.07 Å². The first-order valence-electron chi connectivity index (χ1n) is 4.50. The molecule has 0 radical (unpaired) electrons. The van der Waals surface area contributed by atoms with Crippen LogP contribution in [0.1, 0.15) is 17.3 Å². The summed E-state index contributed by atoms with van der Waals surface area (Å²) in [5.74, 6) is -0.868. The summed E-state index contributed by atoms with van der Waals surface area (Å²) in [5, 5.41) is 19.0. The van der Waals surface area contributed by atoms with Crippen molar-refractivity contribution in [1.82, 2.24) is 0 Å². The van der Waals surface area contributed by atoms with E-state index in [0.717, 1.165) is 6.07 Å². The molecule has 6 nitrogen and oxygen atoms in total. The van der Waals surface area contributed by atoms with Crippen LogP contribution in [-0.4, -0.2) is 17.0 Å². The maximum atomic E-state index is 11.5. The van der Waals surface area contributed by atoms with Gasteiger partial charge in [-0.05, 0) is 13.0 Å². The van der Waals surface area contributed by atoms with Gasteiger partial charge in [-0.3, -0.25) is 10.1 Å². The summed E-state index contributed by atoms with van der Waals surface area (Å²) in [5.41, 5.74) is -0.408. The summed E-state index contributed by atoms with van der Waals surface area (Å²) in [6.45, 7) is 1.38. The zero-order chi connectivity index (χ0) is 13.0. The van der Waals surface area contributed by atoms with Crippen molar-refractivity contribution in [2.24, 2.45) is 0 Å². The molecule has 0 bridgehead atoms. The smallest absolute Gasteiger partial charge is 0.341 e. The molecule has 0 fully saturated rings. The molecule has 0 unspecified atom stereocenters. The molecule has 17 heavy (non-hydrogen) atoms. The number of nitro groups is 1. The van der Waals surface area contributed by atoms with E-state index in [1.165, 1.54) is 19.1 Å². The largest absolute Gasteiger partial charge is 0.444 e. The second kappa shape index (κ2) is 5.27. The molecule has 0 saturated heterocycles. The lowest BCUT2D eigenvalue weighted by Crippen LogP contribution is -2.13. The van der Waals surface area contributed by atoms with Gasteiger partial charge in [-0.1, -0.05) is 11.6 Å². The molecule has 0 heterocycles. The Morgan fingerprint density at radius 3 is 2.82 bits per heavy atom. The fourth-order valence-corrected chi connectivity index (χ4v) is 1.23. The lowest BCUT2D eigenvalue weighted by Gasteiger charge is -2.06. The number of rotatable bonds is 3. The Labute approximate surface area is 102 Å². The van der Waals surface area contributed by atoms with E-state index in [4.69, 9.17) is 21.6 Å². The Kier molecular flexibility index (Phi) is 4.01. The molecule has 1 aromatic carbocycles. The van der Waals surface area contributed by atoms with Crippen LogP contribution in [0.4, 0.5) is 5.69 Å². The third-order valence-corrected chi connectivity index (χ3v) is 2.18. The number of carbonyl (C=O) groups is 1. The van der Waals surface area contributed by atoms with Crippen molar-refractivity contribution in [3.05, 3.63) is 38.9 Å². The summed E-state index contributed by atoms with van der Waals surface area (Å²) in [4.78, 5) is 21.4. The standard InChI is InChI=1S/C10H7ClN2O4/c1-6(5-12)17-10(14)8-4-7(13(15)16)2-3-9(8)11/h2-4,6H,1H3/t6-/m1/s1. The van der Waals surface area contributed by atoms with E-state index < -0.39 is 17.0 Å². The first-order valence-corrected chi connectivity index (χ1v) is 4.88. The van der Waals surface area contributed by atoms with Crippen LogP contribution in [0.5, 0.6) is 0 Å². The molecule has 1 aromatic rings. The quantitative estimate of drug-likeness (QED) is 0.469. The first-order chi connectivity index (χ1) is 7.95. The molecular weight excluding hydrogens is 248 g/mol. The van der Waals surface area contributed by atoms with E-state index >= 15 is 0 Å². The van der Waals surface area contributed by atoms with Crippen molar-refractivity contribution < 1.29 is 14.5 Å². The molecule has 0 aromatic heterocycles. The van der Waals surface area contributed by atoms with Crippen molar-refractivity contribution >= 4 is 23.3 Å². The number of carbonyl (C=O) groups excluding carboxylic acids is 1. The predicted octanol–water partition coefficient (Wildman–Crippen LogP) is 2.32. The summed E-state index contributed by atoms with van der Waals surface area (Å²) >= 11 is 5.72. The van der Waals surface area contributed by atoms with Gasteiger partial charge >= 0.3 is 5.97 Å². The van der Waals surface area contributed by atoms with Gasteiger partial charge in [0.2, 0.25) is 0 Å². The maximum absolute atomic E-state index is 11.5. The molecule has 0 amide bonds. The molecule has 0 spiro atoms. The Morgan fingerprint density at radius 2 is 2.29 bits per heavy atom. The normalized spacial score (nSPS) is 11.4. The Morgan fingerprint density at radius 1 is 1.65 bits per heavy atom. The van der Waals surface area contributed by atoms with Crippen LogP contribution in [0, 0.1) is 21.4 Å². The SMILES string of the molecule is C[C@H](C#N)OC(=O)c1cc([N+](=O)[O-])ccc1Cl. The third-order valence-electron chi connectivity index (χ3n) is 1.85. The fraction of sp³-hybridized carbons (Fsp3) is 0.200. The van der Waals surface area contributed by atoms with Crippen molar-refractivity contribution in [1.29, 1.82) is 5.26 Å². The van der Waals surface area contributed by atoms with Crippen molar-refractivity contribution in [3.63, 3.8) is 0 Å². The number of hydrogen-bond donors (Lipinski definition) is 0. The highest BCUT2D eigenvalue weighted by atomic mass is 35.5. The van der Waals surface area contributed by atoms with Crippen LogP contribution in [-0.2, 0) is 4.74 Å². The van der Waals surface area contributed by atoms with Gasteiger partial charge in [-0.15, -0.1) is 0 Å². The van der Waals surface area contributed by atoms with Crippen molar-refractivity contribution in [3.8, 4) is 6.07 Å². The zero-order valence-electron chi connectivity index (χ0n) is 8.71. The first kappa shape index (κ1) is 12.9. The number of esters is 1. The summed E-state index contributed by atoms with van der Waals surface area (Å²) in [6, 6.07) is 5.11. The van der Waals surface area contributed by atoms with Crippen LogP contribution in [0.25, 0.3) is 0 Å². The number of benzene rings is 1. The number of halogens is 1. The number of nitriles is 1. The van der Waals surface area contributed by atoms with Gasteiger partial charge in [0, 0.05) is 12.1 Å². The summed E-state index contributed by atoms with van der Waals surface area (Å²) < 4.78 is 4.69. The molecule has 0 aliphatic heterocycles. The molecule has 1 atom stereocenters. The Balaban J connectivity index is 3.05. The average molecular weight is 255 g/mol. The highest BCUT2D eigenvalue weighted by molar-refractivity contribution is 6.33. The number of non-ortho nitro benzene ring substituents is 1. The Hall–Kier alpha value is -2.13. The number of hydrogen-bond acceptors (Lipinski definition) is 5. The predicted molar refractivity (Wildman–Crippen MR) is 58.6 cm³/mol. The van der Waals surface area contributed by atoms with Gasteiger partial charge in [0.1, 0.15) is 6.07 Å². The van der Waals surface area contributed by atoms with Gasteiger partial charge in [-0.25, -0.2) is 4.79 Å². The maximum Gasteiger partial charge on any atom is 0.341 e. The van der Waals surface area contributed by atoms with E-state index in [9.17, 15) is 14.9 Å². The molecular formula is C10H7ClN2O4. The van der Waals surface area contributed by atoms with Crippen molar-refractivity contribution in [2.75, 3.05) is 0 Å². The van der Waals surface area contributed by atoms with E-state index in [0.29, 0.717) is 0 Å². The van der Waals surface area contributed by atoms with Gasteiger partial charge in [0.15, 0.2) is 6.10 Å². The molecule has 1 rings (SSSR count). The Bertz CT molecular complexity index is 510. The molecule has 0 aliphatic rings. The zero-order valence-corrected chi connectivity index (χ0v) is 9.47. The molecule has 0 N–H and O–H groups in total. The lowest BCUT2D eigenvalue weighted by molar-refractivity contribution is -0.384. The van der Waals surface area contributed by atoms with Crippen molar-refractivity contribution in [2.45, 2.75) is 13.0 Å². The van der Waals surface area contributed by atoms with E-state index in [-0.39, 0.29) is 16.3 Å².